The smallest absolute Gasteiger partial charge is 0.143 e. The van der Waals surface area contributed by atoms with Crippen molar-refractivity contribution < 1.29 is 14.6 Å². The van der Waals surface area contributed by atoms with E-state index in [1.807, 2.05) is 0 Å². The van der Waals surface area contributed by atoms with Crippen LogP contribution >= 0.6 is 11.8 Å². The van der Waals surface area contributed by atoms with E-state index < -0.39 is 0 Å². The molecule has 2 nitrogen and oxygen atoms in total. The zero-order valence-corrected chi connectivity index (χ0v) is 8.77. The highest BCUT2D eigenvalue weighted by Gasteiger charge is 2.11. The molecule has 1 rings (SSSR count). The van der Waals surface area contributed by atoms with Gasteiger partial charge in [0.2, 0.25) is 0 Å². The van der Waals surface area contributed by atoms with Crippen molar-refractivity contribution in [3.63, 3.8) is 0 Å². The molecule has 1 aromatic carbocycles. The summed E-state index contributed by atoms with van der Waals surface area (Å²) in [5.41, 5.74) is 0.543. The number of aliphatic hydroxyl groups is 1. The molecule has 0 fully saturated rings. The quantitative estimate of drug-likeness (QED) is 0.758. The van der Waals surface area contributed by atoms with Gasteiger partial charge in [0.25, 0.3) is 0 Å². The highest BCUT2D eigenvalue weighted by molar-refractivity contribution is 7.98. The number of hydrogen-bond acceptors (Lipinski definition) is 3. The fourth-order valence-electron chi connectivity index (χ4n) is 1.24. The Kier molecular flexibility index (Phi) is 4.22. The van der Waals surface area contributed by atoms with Crippen LogP contribution in [0.15, 0.2) is 17.0 Å². The Labute approximate surface area is 86.8 Å². The van der Waals surface area contributed by atoms with Gasteiger partial charge in [-0.05, 0) is 30.7 Å². The second-order valence-corrected chi connectivity index (χ2v) is 3.73. The van der Waals surface area contributed by atoms with Crippen LogP contribution in [-0.4, -0.2) is 23.1 Å². The minimum absolute atomic E-state index is 0.0252. The van der Waals surface area contributed by atoms with Gasteiger partial charge in [-0.15, -0.1) is 11.8 Å². The highest BCUT2D eigenvalue weighted by Crippen LogP contribution is 2.31. The van der Waals surface area contributed by atoms with E-state index in [-0.39, 0.29) is 23.1 Å². The maximum atomic E-state index is 13.6. The molecule has 0 unspecified atom stereocenters. The van der Waals surface area contributed by atoms with Crippen LogP contribution in [0.25, 0.3) is 0 Å². The normalized spacial score (nSPS) is 10.5. The van der Waals surface area contributed by atoms with Crippen molar-refractivity contribution in [2.45, 2.75) is 17.7 Å². The van der Waals surface area contributed by atoms with Crippen molar-refractivity contribution in [2.24, 2.45) is 0 Å². The number of halogens is 1. The van der Waals surface area contributed by atoms with Crippen LogP contribution in [0.3, 0.4) is 0 Å². The number of hydrogen-bond donors (Lipinski definition) is 2. The van der Waals surface area contributed by atoms with Crippen LogP contribution in [0.5, 0.6) is 5.75 Å². The van der Waals surface area contributed by atoms with Gasteiger partial charge in [-0.3, -0.25) is 0 Å². The number of rotatable bonds is 4. The van der Waals surface area contributed by atoms with E-state index in [2.05, 4.69) is 0 Å². The summed E-state index contributed by atoms with van der Waals surface area (Å²) < 4.78 is 13.6. The van der Waals surface area contributed by atoms with E-state index in [0.29, 0.717) is 18.4 Å². The summed E-state index contributed by atoms with van der Waals surface area (Å²) in [6, 6.07) is 3.04. The van der Waals surface area contributed by atoms with Gasteiger partial charge in [0.1, 0.15) is 11.6 Å². The first-order valence-electron chi connectivity index (χ1n) is 4.36. The number of thioether (sulfide) groups is 1. The first-order chi connectivity index (χ1) is 6.70. The molecule has 0 heterocycles. The van der Waals surface area contributed by atoms with E-state index >= 15 is 0 Å². The molecule has 78 valence electrons. The van der Waals surface area contributed by atoms with Crippen LogP contribution < -0.4 is 0 Å². The third kappa shape index (κ3) is 2.39. The maximum Gasteiger partial charge on any atom is 0.143 e. The number of aromatic hydroxyl groups is 1. The summed E-state index contributed by atoms with van der Waals surface area (Å²) in [6.07, 6.45) is 2.75. The summed E-state index contributed by atoms with van der Waals surface area (Å²) in [5.74, 6) is -0.395. The fraction of sp³-hybridized carbons (Fsp3) is 0.400. The third-order valence-electron chi connectivity index (χ3n) is 1.96. The Balaban J connectivity index is 2.96. The minimum atomic E-state index is -0.369. The van der Waals surface area contributed by atoms with Gasteiger partial charge in [0, 0.05) is 6.61 Å². The molecule has 2 N–H and O–H groups in total. The Hall–Kier alpha value is -0.740. The number of benzene rings is 1. The first kappa shape index (κ1) is 11.3. The monoisotopic (exact) mass is 216 g/mol. The standard InChI is InChI=1S/C10H13FO2S/c1-14-10-8(13)5-4-7(9(10)11)3-2-6-12/h4-5,12-13H,2-3,6H2,1H3. The van der Waals surface area contributed by atoms with E-state index in [0.717, 1.165) is 0 Å². The number of phenolic OH excluding ortho intramolecular Hbond substituents is 1. The largest absolute Gasteiger partial charge is 0.507 e. The van der Waals surface area contributed by atoms with Crippen molar-refractivity contribution in [3.05, 3.63) is 23.5 Å². The molecule has 0 saturated heterocycles. The van der Waals surface area contributed by atoms with Crippen LogP contribution in [0, 0.1) is 5.82 Å². The summed E-state index contributed by atoms with van der Waals surface area (Å²) in [5, 5.41) is 18.0. The van der Waals surface area contributed by atoms with Crippen molar-refractivity contribution in [1.29, 1.82) is 0 Å². The maximum absolute atomic E-state index is 13.6. The first-order valence-corrected chi connectivity index (χ1v) is 5.58. The van der Waals surface area contributed by atoms with Gasteiger partial charge < -0.3 is 10.2 Å². The zero-order valence-electron chi connectivity index (χ0n) is 7.96. The van der Waals surface area contributed by atoms with Crippen LogP contribution in [0.4, 0.5) is 4.39 Å². The van der Waals surface area contributed by atoms with E-state index in [1.54, 1.807) is 12.3 Å². The molecule has 0 aliphatic heterocycles. The molecule has 0 radical (unpaired) electrons. The Morgan fingerprint density at radius 1 is 1.43 bits per heavy atom. The Bertz CT molecular complexity index is 315. The predicted octanol–water partition coefficient (Wildman–Crippen LogP) is 2.18. The fourth-order valence-corrected chi connectivity index (χ4v) is 1.83. The lowest BCUT2D eigenvalue weighted by Gasteiger charge is -2.07. The van der Waals surface area contributed by atoms with E-state index in [4.69, 9.17) is 5.11 Å². The molecule has 4 heteroatoms. The van der Waals surface area contributed by atoms with Crippen molar-refractivity contribution in [1.82, 2.24) is 0 Å². The molecule has 14 heavy (non-hydrogen) atoms. The summed E-state index contributed by atoms with van der Waals surface area (Å²) in [7, 11) is 0. The Morgan fingerprint density at radius 2 is 2.14 bits per heavy atom. The van der Waals surface area contributed by atoms with Gasteiger partial charge in [0.15, 0.2) is 0 Å². The summed E-state index contributed by atoms with van der Waals surface area (Å²) in [6.45, 7) is 0.0505. The molecule has 0 saturated carbocycles. The predicted molar refractivity (Wildman–Crippen MR) is 55.3 cm³/mol. The summed E-state index contributed by atoms with van der Waals surface area (Å²) >= 11 is 1.18. The molecule has 0 amide bonds. The number of aliphatic hydroxyl groups excluding tert-OH is 1. The van der Waals surface area contributed by atoms with Crippen molar-refractivity contribution >= 4 is 11.8 Å². The molecule has 0 aliphatic rings. The summed E-state index contributed by atoms with van der Waals surface area (Å²) in [4.78, 5) is 0.278. The van der Waals surface area contributed by atoms with Crippen LogP contribution in [0.2, 0.25) is 0 Å². The van der Waals surface area contributed by atoms with E-state index in [9.17, 15) is 9.50 Å². The lowest BCUT2D eigenvalue weighted by Crippen LogP contribution is -1.95. The second-order valence-electron chi connectivity index (χ2n) is 2.92. The molecule has 0 spiro atoms. The molecule has 0 aromatic heterocycles. The lowest BCUT2D eigenvalue weighted by molar-refractivity contribution is 0.288. The second kappa shape index (κ2) is 5.22. The van der Waals surface area contributed by atoms with Gasteiger partial charge in [0.05, 0.1) is 4.90 Å². The molecule has 0 atom stereocenters. The van der Waals surface area contributed by atoms with Crippen LogP contribution in [-0.2, 0) is 6.42 Å². The zero-order chi connectivity index (χ0) is 10.6. The highest BCUT2D eigenvalue weighted by atomic mass is 32.2. The molecule has 0 bridgehead atoms. The SMILES string of the molecule is CSc1c(O)ccc(CCCO)c1F. The van der Waals surface area contributed by atoms with Crippen molar-refractivity contribution in [2.75, 3.05) is 12.9 Å². The van der Waals surface area contributed by atoms with Gasteiger partial charge in [-0.25, -0.2) is 4.39 Å². The van der Waals surface area contributed by atoms with Gasteiger partial charge in [-0.1, -0.05) is 6.07 Å². The molecular weight excluding hydrogens is 203 g/mol. The lowest BCUT2D eigenvalue weighted by atomic mass is 10.1. The van der Waals surface area contributed by atoms with Crippen LogP contribution in [0.1, 0.15) is 12.0 Å². The minimum Gasteiger partial charge on any atom is -0.507 e. The van der Waals surface area contributed by atoms with Gasteiger partial charge in [-0.2, -0.15) is 0 Å². The third-order valence-corrected chi connectivity index (χ3v) is 2.76. The Morgan fingerprint density at radius 3 is 2.71 bits per heavy atom. The number of aryl methyl sites for hydroxylation is 1. The molecular formula is C10H13FO2S. The topological polar surface area (TPSA) is 40.5 Å². The van der Waals surface area contributed by atoms with E-state index in [1.165, 1.54) is 17.8 Å². The van der Waals surface area contributed by atoms with Crippen molar-refractivity contribution in [3.8, 4) is 5.75 Å². The molecule has 0 aliphatic carbocycles. The molecule has 1 aromatic rings. The number of phenols is 1. The average molecular weight is 216 g/mol. The van der Waals surface area contributed by atoms with Gasteiger partial charge >= 0.3 is 0 Å². The average Bonchev–Trinajstić information content (AvgIpc) is 2.18.